The van der Waals surface area contributed by atoms with Gasteiger partial charge in [-0.15, -0.1) is 11.3 Å². The average molecular weight is 641 g/mol. The first-order valence-electron chi connectivity index (χ1n) is 11.7. The summed E-state index contributed by atoms with van der Waals surface area (Å²) in [6.45, 7) is 3.95. The van der Waals surface area contributed by atoms with Crippen LogP contribution in [-0.2, 0) is 9.53 Å². The summed E-state index contributed by atoms with van der Waals surface area (Å²) in [5.41, 5.74) is 7.73. The van der Waals surface area contributed by atoms with Gasteiger partial charge in [0.25, 0.3) is 5.91 Å². The highest BCUT2D eigenvalue weighted by Crippen LogP contribution is 2.27. The van der Waals surface area contributed by atoms with Crippen LogP contribution in [0.3, 0.4) is 0 Å². The van der Waals surface area contributed by atoms with Crippen LogP contribution in [0, 0.1) is 10.5 Å². The van der Waals surface area contributed by atoms with E-state index in [2.05, 4.69) is 50.3 Å². The minimum absolute atomic E-state index is 0.153. The van der Waals surface area contributed by atoms with E-state index in [0.717, 1.165) is 31.2 Å². The number of ether oxygens (including phenoxy) is 2. The molecule has 8 nitrogen and oxygen atoms in total. The maximum absolute atomic E-state index is 12.5. The minimum Gasteiger partial charge on any atom is -0.481 e. The number of halogens is 1. The summed E-state index contributed by atoms with van der Waals surface area (Å²) in [5, 5.41) is 10.1. The van der Waals surface area contributed by atoms with E-state index in [0.29, 0.717) is 17.9 Å². The van der Waals surface area contributed by atoms with Crippen LogP contribution < -0.4 is 15.5 Å². The number of carbonyl (C=O) groups excluding carboxylic acids is 2. The van der Waals surface area contributed by atoms with Crippen molar-refractivity contribution in [2.75, 3.05) is 18.5 Å². The number of anilines is 2. The van der Waals surface area contributed by atoms with Crippen LogP contribution in [0.2, 0.25) is 0 Å². The van der Waals surface area contributed by atoms with E-state index in [1.807, 2.05) is 47.8 Å². The highest BCUT2D eigenvalue weighted by Gasteiger charge is 2.09. The topological polar surface area (TPSA) is 102 Å². The molecule has 0 bridgehead atoms. The molecule has 0 unspecified atom stereocenters. The summed E-state index contributed by atoms with van der Waals surface area (Å²) in [4.78, 5) is 28.6. The van der Waals surface area contributed by atoms with Crippen LogP contribution in [0.5, 0.6) is 5.75 Å². The number of nitrogens with zero attached hydrogens (tertiary/aromatic N) is 2. The molecule has 0 fully saturated rings. The Kier molecular flexibility index (Phi) is 9.44. The van der Waals surface area contributed by atoms with Crippen molar-refractivity contribution in [3.05, 3.63) is 92.4 Å². The Morgan fingerprint density at radius 1 is 1.08 bits per heavy atom. The summed E-state index contributed by atoms with van der Waals surface area (Å²) in [6.07, 6.45) is 1.54. The molecule has 1 aromatic heterocycles. The van der Waals surface area contributed by atoms with E-state index in [9.17, 15) is 9.59 Å². The number of hydrazone groups is 1. The molecule has 0 spiro atoms. The van der Waals surface area contributed by atoms with E-state index >= 15 is 0 Å². The summed E-state index contributed by atoms with van der Waals surface area (Å²) in [6, 6.07) is 20.7. The Bertz CT molecular complexity index is 1440. The van der Waals surface area contributed by atoms with Gasteiger partial charge in [0.15, 0.2) is 11.7 Å². The predicted molar refractivity (Wildman–Crippen MR) is 158 cm³/mol. The van der Waals surface area contributed by atoms with Crippen LogP contribution in [0.4, 0.5) is 10.8 Å². The van der Waals surface area contributed by atoms with Gasteiger partial charge in [0.05, 0.1) is 22.1 Å². The first-order valence-corrected chi connectivity index (χ1v) is 13.7. The van der Waals surface area contributed by atoms with E-state index in [1.165, 1.54) is 16.9 Å². The fraction of sp³-hybridized carbons (Fsp3) is 0.143. The Balaban J connectivity index is 1.30. The van der Waals surface area contributed by atoms with Crippen molar-refractivity contribution in [2.45, 2.75) is 13.8 Å². The van der Waals surface area contributed by atoms with Crippen LogP contribution in [0.1, 0.15) is 28.4 Å². The molecule has 1 heterocycles. The van der Waals surface area contributed by atoms with Gasteiger partial charge in [-0.3, -0.25) is 4.79 Å². The van der Waals surface area contributed by atoms with Gasteiger partial charge < -0.3 is 14.8 Å². The second-order valence-corrected chi connectivity index (χ2v) is 10.1. The molecule has 0 saturated carbocycles. The molecule has 3 aromatic carbocycles. The molecule has 4 rings (SSSR count). The Morgan fingerprint density at radius 2 is 1.84 bits per heavy atom. The molecular weight excluding hydrogens is 615 g/mol. The molecule has 2 N–H and O–H groups in total. The molecule has 0 aliphatic heterocycles. The Hall–Kier alpha value is -3.77. The fourth-order valence-corrected chi connectivity index (χ4v) is 4.74. The zero-order chi connectivity index (χ0) is 26.9. The number of thiazole rings is 1. The molecular formula is C28H25IN4O4S. The SMILES string of the molecule is CCOC(=O)COc1ccc(/C=N\NC(=O)c2ccc(-c3csc(Nc4ccc(C)cc4)n3)cc2)cc1I. The predicted octanol–water partition coefficient (Wildman–Crippen LogP) is 6.17. The van der Waals surface area contributed by atoms with Crippen molar-refractivity contribution in [2.24, 2.45) is 5.10 Å². The zero-order valence-electron chi connectivity index (χ0n) is 20.7. The van der Waals surface area contributed by atoms with Crippen molar-refractivity contribution in [3.8, 4) is 17.0 Å². The van der Waals surface area contributed by atoms with Crippen LogP contribution in [0.25, 0.3) is 11.3 Å². The third-order valence-corrected chi connectivity index (χ3v) is 6.84. The van der Waals surface area contributed by atoms with Gasteiger partial charge in [-0.2, -0.15) is 5.10 Å². The number of hydrogen-bond acceptors (Lipinski definition) is 8. The number of nitrogens with one attached hydrogen (secondary N) is 2. The lowest BCUT2D eigenvalue weighted by molar-refractivity contribution is -0.145. The van der Waals surface area contributed by atoms with Gasteiger partial charge in [0.2, 0.25) is 0 Å². The summed E-state index contributed by atoms with van der Waals surface area (Å²) < 4.78 is 11.1. The quantitative estimate of drug-likeness (QED) is 0.0931. The monoisotopic (exact) mass is 640 g/mol. The standard InChI is InChI=1S/C28H25IN4O4S/c1-3-36-26(34)16-37-25-13-6-19(14-23(25)29)15-30-33-27(35)21-9-7-20(8-10-21)24-17-38-28(32-24)31-22-11-4-18(2)5-12-22/h4-15,17H,3,16H2,1-2H3,(H,31,32)(H,33,35)/b30-15-. The lowest BCUT2D eigenvalue weighted by Gasteiger charge is -2.08. The second kappa shape index (κ2) is 13.2. The van der Waals surface area contributed by atoms with Crippen molar-refractivity contribution >= 4 is 62.8 Å². The van der Waals surface area contributed by atoms with Gasteiger partial charge in [-0.1, -0.05) is 29.8 Å². The first-order chi connectivity index (χ1) is 18.4. The molecule has 0 aliphatic carbocycles. The highest BCUT2D eigenvalue weighted by atomic mass is 127. The third kappa shape index (κ3) is 7.62. The smallest absolute Gasteiger partial charge is 0.344 e. The lowest BCUT2D eigenvalue weighted by Crippen LogP contribution is -2.17. The number of aryl methyl sites for hydroxylation is 1. The van der Waals surface area contributed by atoms with Gasteiger partial charge in [-0.25, -0.2) is 15.2 Å². The van der Waals surface area contributed by atoms with Gasteiger partial charge in [-0.05, 0) is 84.5 Å². The highest BCUT2D eigenvalue weighted by molar-refractivity contribution is 14.1. The maximum Gasteiger partial charge on any atom is 0.344 e. The molecule has 0 atom stereocenters. The number of amides is 1. The van der Waals surface area contributed by atoms with Crippen molar-refractivity contribution in [1.29, 1.82) is 0 Å². The second-order valence-electron chi connectivity index (χ2n) is 8.09. The van der Waals surface area contributed by atoms with Gasteiger partial charge in [0.1, 0.15) is 5.75 Å². The number of benzene rings is 3. The number of hydrogen-bond donors (Lipinski definition) is 2. The van der Waals surface area contributed by atoms with E-state index in [-0.39, 0.29) is 12.5 Å². The normalized spacial score (nSPS) is 10.8. The largest absolute Gasteiger partial charge is 0.481 e. The molecule has 38 heavy (non-hydrogen) atoms. The third-order valence-electron chi connectivity index (χ3n) is 5.24. The number of aromatic nitrogens is 1. The number of rotatable bonds is 10. The van der Waals surface area contributed by atoms with Crippen molar-refractivity contribution < 1.29 is 19.1 Å². The average Bonchev–Trinajstić information content (AvgIpc) is 3.38. The molecule has 0 saturated heterocycles. The summed E-state index contributed by atoms with van der Waals surface area (Å²) >= 11 is 3.63. The lowest BCUT2D eigenvalue weighted by atomic mass is 10.1. The molecule has 0 aliphatic rings. The Labute approximate surface area is 238 Å². The van der Waals surface area contributed by atoms with Crippen LogP contribution in [-0.4, -0.2) is 36.3 Å². The van der Waals surface area contributed by atoms with Gasteiger partial charge in [0, 0.05) is 22.2 Å². The molecule has 1 amide bonds. The van der Waals surface area contributed by atoms with E-state index in [4.69, 9.17) is 9.47 Å². The maximum atomic E-state index is 12.5. The number of carbonyl (C=O) groups is 2. The minimum atomic E-state index is -0.420. The van der Waals surface area contributed by atoms with Crippen molar-refractivity contribution in [3.63, 3.8) is 0 Å². The van der Waals surface area contributed by atoms with Gasteiger partial charge >= 0.3 is 5.97 Å². The zero-order valence-corrected chi connectivity index (χ0v) is 23.7. The van der Waals surface area contributed by atoms with Crippen LogP contribution in [0.15, 0.2) is 77.2 Å². The van der Waals surface area contributed by atoms with E-state index < -0.39 is 5.97 Å². The van der Waals surface area contributed by atoms with Crippen LogP contribution >= 0.6 is 33.9 Å². The molecule has 10 heteroatoms. The molecule has 4 aromatic rings. The first kappa shape index (κ1) is 27.3. The van der Waals surface area contributed by atoms with E-state index in [1.54, 1.807) is 37.4 Å². The summed E-state index contributed by atoms with van der Waals surface area (Å²) in [5.74, 6) is -0.175. The molecule has 0 radical (unpaired) electrons. The number of esters is 1. The Morgan fingerprint density at radius 3 is 2.55 bits per heavy atom. The van der Waals surface area contributed by atoms with Crippen molar-refractivity contribution in [1.82, 2.24) is 10.4 Å². The molecule has 194 valence electrons. The fourth-order valence-electron chi connectivity index (χ4n) is 3.30. The summed E-state index contributed by atoms with van der Waals surface area (Å²) in [7, 11) is 0.